The predicted octanol–water partition coefficient (Wildman–Crippen LogP) is 2.64. The second-order valence-electron chi connectivity index (χ2n) is 4.32. The van der Waals surface area contributed by atoms with E-state index in [0.717, 1.165) is 42.9 Å². The van der Waals surface area contributed by atoms with Crippen LogP contribution in [-0.4, -0.2) is 46.6 Å². The van der Waals surface area contributed by atoms with E-state index < -0.39 is 0 Å². The van der Waals surface area contributed by atoms with Crippen molar-refractivity contribution in [2.75, 3.05) is 46.6 Å². The van der Waals surface area contributed by atoms with Crippen molar-refractivity contribution in [2.24, 2.45) is 0 Å². The highest BCUT2D eigenvalue weighted by molar-refractivity contribution is 9.10. The highest BCUT2D eigenvalue weighted by Crippen LogP contribution is 2.26. The Kier molecular flexibility index (Phi) is 9.66. The number of halogens is 1. The van der Waals surface area contributed by atoms with Crippen LogP contribution in [-0.2, 0) is 15.9 Å². The lowest BCUT2D eigenvalue weighted by Crippen LogP contribution is -2.19. The van der Waals surface area contributed by atoms with Gasteiger partial charge in [-0.05, 0) is 46.6 Å². The van der Waals surface area contributed by atoms with Gasteiger partial charge in [0, 0.05) is 13.7 Å². The van der Waals surface area contributed by atoms with Crippen molar-refractivity contribution in [3.63, 3.8) is 0 Å². The monoisotopic (exact) mass is 345 g/mol. The van der Waals surface area contributed by atoms with E-state index in [-0.39, 0.29) is 0 Å². The molecule has 1 rings (SSSR count). The molecule has 0 spiro atoms. The van der Waals surface area contributed by atoms with Gasteiger partial charge in [-0.25, -0.2) is 0 Å². The maximum atomic E-state index is 5.59. The van der Waals surface area contributed by atoms with Crippen molar-refractivity contribution in [3.05, 3.63) is 28.2 Å². The van der Waals surface area contributed by atoms with E-state index in [4.69, 9.17) is 14.2 Å². The smallest absolute Gasteiger partial charge is 0.133 e. The van der Waals surface area contributed by atoms with Crippen molar-refractivity contribution in [3.8, 4) is 5.75 Å². The lowest BCUT2D eigenvalue weighted by atomic mass is 10.1. The second-order valence-corrected chi connectivity index (χ2v) is 5.18. The van der Waals surface area contributed by atoms with E-state index in [1.807, 2.05) is 6.07 Å². The molecule has 1 aromatic carbocycles. The van der Waals surface area contributed by atoms with Gasteiger partial charge in [-0.3, -0.25) is 0 Å². The summed E-state index contributed by atoms with van der Waals surface area (Å²) < 4.78 is 17.1. The number of benzene rings is 1. The zero-order valence-electron chi connectivity index (χ0n) is 12.3. The molecule has 0 fully saturated rings. The first-order chi connectivity index (χ1) is 9.77. The Morgan fingerprint density at radius 2 is 2.00 bits per heavy atom. The largest absolute Gasteiger partial charge is 0.490 e. The van der Waals surface area contributed by atoms with Crippen LogP contribution in [0, 0.1) is 0 Å². The summed E-state index contributed by atoms with van der Waals surface area (Å²) in [5.74, 6) is 0.846. The molecular formula is C15H24BrNO3. The van der Waals surface area contributed by atoms with E-state index >= 15 is 0 Å². The van der Waals surface area contributed by atoms with Gasteiger partial charge in [-0.1, -0.05) is 13.0 Å². The number of likely N-dealkylation sites (N-methyl/N-ethyl adjacent to an activating group) is 1. The van der Waals surface area contributed by atoms with Gasteiger partial charge >= 0.3 is 0 Å². The number of hydrogen-bond acceptors (Lipinski definition) is 4. The van der Waals surface area contributed by atoms with Crippen LogP contribution in [0.3, 0.4) is 0 Å². The first-order valence-corrected chi connectivity index (χ1v) is 7.75. The van der Waals surface area contributed by atoms with Gasteiger partial charge in [0.25, 0.3) is 0 Å². The summed E-state index contributed by atoms with van der Waals surface area (Å²) in [6.07, 6.45) is 0.906. The first-order valence-electron chi connectivity index (χ1n) is 6.96. The molecule has 0 aliphatic heterocycles. The van der Waals surface area contributed by atoms with Crippen LogP contribution in [0.4, 0.5) is 0 Å². The minimum Gasteiger partial charge on any atom is -0.490 e. The predicted molar refractivity (Wildman–Crippen MR) is 84.6 cm³/mol. The Balaban J connectivity index is 2.28. The molecule has 0 aromatic heterocycles. The van der Waals surface area contributed by atoms with Gasteiger partial charge in [-0.15, -0.1) is 0 Å². The number of rotatable bonds is 11. The van der Waals surface area contributed by atoms with E-state index in [1.54, 1.807) is 7.11 Å². The van der Waals surface area contributed by atoms with Crippen LogP contribution >= 0.6 is 15.9 Å². The van der Waals surface area contributed by atoms with Gasteiger partial charge in [0.05, 0.1) is 24.3 Å². The maximum absolute atomic E-state index is 5.59. The Hall–Kier alpha value is -0.620. The molecule has 1 N–H and O–H groups in total. The van der Waals surface area contributed by atoms with Crippen molar-refractivity contribution >= 4 is 15.9 Å². The summed E-state index contributed by atoms with van der Waals surface area (Å²) in [6, 6.07) is 6.13. The number of hydrogen-bond donors (Lipinski definition) is 1. The summed E-state index contributed by atoms with van der Waals surface area (Å²) in [5.41, 5.74) is 1.24. The normalized spacial score (nSPS) is 10.8. The first kappa shape index (κ1) is 17.4. The SMILES string of the molecule is CCNCCOCCc1ccc(OCCOC)c(Br)c1. The van der Waals surface area contributed by atoms with Gasteiger partial charge in [-0.2, -0.15) is 0 Å². The Morgan fingerprint density at radius 1 is 1.15 bits per heavy atom. The Bertz CT molecular complexity index is 374. The standard InChI is InChI=1S/C15H24BrNO3/c1-3-17-7-9-19-8-6-13-4-5-15(14(16)12-13)20-11-10-18-2/h4-5,12,17H,3,6-11H2,1-2H3. The minimum atomic E-state index is 0.558. The van der Waals surface area contributed by atoms with Crippen LogP contribution < -0.4 is 10.1 Å². The van der Waals surface area contributed by atoms with E-state index in [0.29, 0.717) is 13.2 Å². The molecule has 0 heterocycles. The third-order valence-corrected chi connectivity index (χ3v) is 3.37. The summed E-state index contributed by atoms with van der Waals surface area (Å²) in [4.78, 5) is 0. The van der Waals surface area contributed by atoms with Crippen molar-refractivity contribution < 1.29 is 14.2 Å². The summed E-state index contributed by atoms with van der Waals surface area (Å²) in [6.45, 7) is 6.63. The molecule has 0 unspecified atom stereocenters. The molecule has 0 amide bonds. The van der Waals surface area contributed by atoms with Crippen LogP contribution in [0.2, 0.25) is 0 Å². The molecule has 0 bridgehead atoms. The highest BCUT2D eigenvalue weighted by atomic mass is 79.9. The molecule has 1 aromatic rings. The molecule has 4 nitrogen and oxygen atoms in total. The third kappa shape index (κ3) is 7.24. The number of ether oxygens (including phenoxy) is 3. The van der Waals surface area contributed by atoms with Crippen LogP contribution in [0.5, 0.6) is 5.75 Å². The fourth-order valence-electron chi connectivity index (χ4n) is 1.67. The summed E-state index contributed by atoms with van der Waals surface area (Å²) >= 11 is 3.53. The molecule has 0 radical (unpaired) electrons. The molecule has 0 saturated heterocycles. The summed E-state index contributed by atoms with van der Waals surface area (Å²) in [5, 5.41) is 3.23. The lowest BCUT2D eigenvalue weighted by molar-refractivity contribution is 0.139. The average molecular weight is 346 g/mol. The van der Waals surface area contributed by atoms with E-state index in [2.05, 4.69) is 40.3 Å². The van der Waals surface area contributed by atoms with Gasteiger partial charge < -0.3 is 19.5 Å². The van der Waals surface area contributed by atoms with Crippen molar-refractivity contribution in [2.45, 2.75) is 13.3 Å². The Labute approximate surface area is 129 Å². The Morgan fingerprint density at radius 3 is 2.70 bits per heavy atom. The quantitative estimate of drug-likeness (QED) is 0.626. The van der Waals surface area contributed by atoms with Crippen molar-refractivity contribution in [1.82, 2.24) is 5.32 Å². The van der Waals surface area contributed by atoms with Crippen molar-refractivity contribution in [1.29, 1.82) is 0 Å². The van der Waals surface area contributed by atoms with Gasteiger partial charge in [0.2, 0.25) is 0 Å². The van der Waals surface area contributed by atoms with E-state index in [1.165, 1.54) is 5.56 Å². The van der Waals surface area contributed by atoms with Crippen LogP contribution in [0.25, 0.3) is 0 Å². The average Bonchev–Trinajstić information content (AvgIpc) is 2.45. The highest BCUT2D eigenvalue weighted by Gasteiger charge is 2.03. The second kappa shape index (κ2) is 11.1. The fourth-order valence-corrected chi connectivity index (χ4v) is 2.21. The third-order valence-electron chi connectivity index (χ3n) is 2.75. The molecule has 0 saturated carbocycles. The minimum absolute atomic E-state index is 0.558. The maximum Gasteiger partial charge on any atom is 0.133 e. The van der Waals surface area contributed by atoms with Gasteiger partial charge in [0.1, 0.15) is 12.4 Å². The lowest BCUT2D eigenvalue weighted by Gasteiger charge is -2.10. The van der Waals surface area contributed by atoms with Crippen LogP contribution in [0.1, 0.15) is 12.5 Å². The molecule has 0 atom stereocenters. The fraction of sp³-hybridized carbons (Fsp3) is 0.600. The molecular weight excluding hydrogens is 322 g/mol. The summed E-state index contributed by atoms with van der Waals surface area (Å²) in [7, 11) is 1.66. The zero-order valence-corrected chi connectivity index (χ0v) is 13.9. The zero-order chi connectivity index (χ0) is 14.6. The molecule has 20 heavy (non-hydrogen) atoms. The van der Waals surface area contributed by atoms with Gasteiger partial charge in [0.15, 0.2) is 0 Å². The molecule has 0 aliphatic rings. The molecule has 0 aliphatic carbocycles. The molecule has 114 valence electrons. The molecule has 5 heteroatoms. The number of nitrogens with one attached hydrogen (secondary N) is 1. The van der Waals surface area contributed by atoms with Crippen LogP contribution in [0.15, 0.2) is 22.7 Å². The van der Waals surface area contributed by atoms with E-state index in [9.17, 15) is 0 Å². The topological polar surface area (TPSA) is 39.7 Å². The number of methoxy groups -OCH3 is 1.